The predicted molar refractivity (Wildman–Crippen MR) is 143 cm³/mol. The number of rotatable bonds is 6. The fourth-order valence-electron chi connectivity index (χ4n) is 5.04. The minimum Gasteiger partial charge on any atom is -0.497 e. The number of carbonyl (C=O) groups is 3. The number of amides is 3. The first-order valence-electron chi connectivity index (χ1n) is 12.3. The van der Waals surface area contributed by atoms with E-state index in [-0.39, 0.29) is 18.5 Å². The number of benzene rings is 3. The van der Waals surface area contributed by atoms with Crippen LogP contribution in [-0.2, 0) is 14.4 Å². The standard InChI is InChI=1S/C28H23ClN6O4/c1-39-21-13-7-18(8-14-21)23-15-22(17-5-3-2-4-6-17)31-35(23)24(36)16-33-26-25(30-32-33)27(37)34(28(26)38)20-11-9-19(29)10-12-20/h2-14,23,25-26H,15-16H2,1H3/t23-,25+,26-/m0/s1. The first-order chi connectivity index (χ1) is 18.9. The van der Waals surface area contributed by atoms with Crippen LogP contribution in [0.15, 0.2) is 94.3 Å². The van der Waals surface area contributed by atoms with Gasteiger partial charge in [0.1, 0.15) is 12.3 Å². The van der Waals surface area contributed by atoms with Gasteiger partial charge in [-0.1, -0.05) is 59.3 Å². The second-order valence-electron chi connectivity index (χ2n) is 9.32. The van der Waals surface area contributed by atoms with Gasteiger partial charge in [-0.3, -0.25) is 19.4 Å². The molecule has 3 aromatic carbocycles. The molecule has 10 nitrogen and oxygen atoms in total. The lowest BCUT2D eigenvalue weighted by Gasteiger charge is -2.25. The molecule has 0 unspecified atom stereocenters. The van der Waals surface area contributed by atoms with Crippen LogP contribution in [0.1, 0.15) is 23.6 Å². The fourth-order valence-corrected chi connectivity index (χ4v) is 5.17. The molecule has 0 aliphatic carbocycles. The van der Waals surface area contributed by atoms with Crippen LogP contribution in [0.2, 0.25) is 5.02 Å². The molecule has 3 aliphatic heterocycles. The van der Waals surface area contributed by atoms with Gasteiger partial charge in [-0.25, -0.2) is 9.91 Å². The minimum atomic E-state index is -1.01. The molecule has 1 fully saturated rings. The zero-order valence-electron chi connectivity index (χ0n) is 20.8. The maximum atomic E-state index is 13.7. The van der Waals surface area contributed by atoms with E-state index in [4.69, 9.17) is 16.3 Å². The topological polar surface area (TPSA) is 107 Å². The lowest BCUT2D eigenvalue weighted by Crippen LogP contribution is -2.44. The van der Waals surface area contributed by atoms with Crippen molar-refractivity contribution in [2.24, 2.45) is 15.4 Å². The molecule has 3 aromatic rings. The molecule has 0 radical (unpaired) electrons. The Morgan fingerprint density at radius 2 is 1.69 bits per heavy atom. The second-order valence-corrected chi connectivity index (χ2v) is 9.76. The van der Waals surface area contributed by atoms with Crippen LogP contribution >= 0.6 is 11.6 Å². The zero-order valence-corrected chi connectivity index (χ0v) is 21.6. The van der Waals surface area contributed by atoms with Crippen molar-refractivity contribution in [2.45, 2.75) is 24.5 Å². The number of methoxy groups -OCH3 is 1. The first-order valence-corrected chi connectivity index (χ1v) is 12.7. The summed E-state index contributed by atoms with van der Waals surface area (Å²) < 4.78 is 5.28. The smallest absolute Gasteiger partial charge is 0.264 e. The third-order valence-electron chi connectivity index (χ3n) is 7.01. The normalized spacial score (nSPS) is 21.9. The molecule has 3 aliphatic rings. The van der Waals surface area contributed by atoms with Crippen LogP contribution in [0.3, 0.4) is 0 Å². The van der Waals surface area contributed by atoms with Gasteiger partial charge in [0.25, 0.3) is 17.7 Å². The highest BCUT2D eigenvalue weighted by Gasteiger charge is 2.55. The summed E-state index contributed by atoms with van der Waals surface area (Å²) in [5.41, 5.74) is 2.97. The highest BCUT2D eigenvalue weighted by Crippen LogP contribution is 2.36. The molecular formula is C28H23ClN6O4. The first kappa shape index (κ1) is 24.7. The van der Waals surface area contributed by atoms with E-state index in [1.54, 1.807) is 31.4 Å². The molecule has 0 aromatic heterocycles. The summed E-state index contributed by atoms with van der Waals surface area (Å²) in [7, 11) is 1.60. The highest BCUT2D eigenvalue weighted by atomic mass is 35.5. The molecule has 0 saturated carbocycles. The number of nitrogens with zero attached hydrogens (tertiary/aromatic N) is 6. The van der Waals surface area contributed by atoms with E-state index in [1.807, 2.05) is 54.6 Å². The van der Waals surface area contributed by atoms with Gasteiger partial charge in [0, 0.05) is 11.4 Å². The Labute approximate surface area is 229 Å². The number of hydrogen-bond acceptors (Lipinski definition) is 8. The molecule has 3 heterocycles. The van der Waals surface area contributed by atoms with E-state index in [1.165, 1.54) is 10.0 Å². The van der Waals surface area contributed by atoms with Crippen LogP contribution in [0.4, 0.5) is 5.69 Å². The van der Waals surface area contributed by atoms with Gasteiger partial charge in [-0.15, -0.1) is 0 Å². The number of fused-ring (bicyclic) bond motifs is 1. The Hall–Kier alpha value is -4.57. The average molecular weight is 543 g/mol. The lowest BCUT2D eigenvalue weighted by molar-refractivity contribution is -0.135. The third-order valence-corrected chi connectivity index (χ3v) is 7.27. The molecule has 3 atom stereocenters. The van der Waals surface area contributed by atoms with Crippen LogP contribution in [0, 0.1) is 0 Å². The Bertz CT molecular complexity index is 1490. The molecule has 6 rings (SSSR count). The maximum Gasteiger partial charge on any atom is 0.264 e. The highest BCUT2D eigenvalue weighted by molar-refractivity contribution is 6.31. The van der Waals surface area contributed by atoms with Gasteiger partial charge < -0.3 is 4.74 Å². The van der Waals surface area contributed by atoms with Crippen LogP contribution in [0.25, 0.3) is 0 Å². The number of ether oxygens (including phenoxy) is 1. The van der Waals surface area contributed by atoms with Crippen molar-refractivity contribution in [1.82, 2.24) is 10.0 Å². The number of hydrazone groups is 1. The molecule has 0 N–H and O–H groups in total. The fraction of sp³-hybridized carbons (Fsp3) is 0.214. The van der Waals surface area contributed by atoms with Gasteiger partial charge in [0.15, 0.2) is 12.1 Å². The van der Waals surface area contributed by atoms with Crippen molar-refractivity contribution >= 4 is 40.7 Å². The second kappa shape index (κ2) is 9.95. The molecule has 39 heavy (non-hydrogen) atoms. The number of imide groups is 1. The Morgan fingerprint density at radius 3 is 2.38 bits per heavy atom. The molecule has 0 bridgehead atoms. The molecule has 1 saturated heterocycles. The number of hydrogen-bond donors (Lipinski definition) is 0. The van der Waals surface area contributed by atoms with Crippen LogP contribution in [0.5, 0.6) is 5.75 Å². The Balaban J connectivity index is 1.25. The van der Waals surface area contributed by atoms with E-state index in [0.29, 0.717) is 22.9 Å². The monoisotopic (exact) mass is 542 g/mol. The van der Waals surface area contributed by atoms with Gasteiger partial charge in [-0.05, 0) is 47.5 Å². The van der Waals surface area contributed by atoms with Crippen molar-refractivity contribution < 1.29 is 19.1 Å². The van der Waals surface area contributed by atoms with Gasteiger partial charge in [0.2, 0.25) is 0 Å². The predicted octanol–water partition coefficient (Wildman–Crippen LogP) is 4.02. The van der Waals surface area contributed by atoms with Gasteiger partial charge in [-0.2, -0.15) is 10.2 Å². The van der Waals surface area contributed by atoms with E-state index < -0.39 is 23.9 Å². The van der Waals surface area contributed by atoms with Gasteiger partial charge >= 0.3 is 0 Å². The van der Waals surface area contributed by atoms with E-state index in [0.717, 1.165) is 21.7 Å². The van der Waals surface area contributed by atoms with Crippen LogP contribution < -0.4 is 9.64 Å². The van der Waals surface area contributed by atoms with E-state index >= 15 is 0 Å². The maximum absolute atomic E-state index is 13.7. The van der Waals surface area contributed by atoms with Crippen molar-refractivity contribution in [2.75, 3.05) is 18.6 Å². The van der Waals surface area contributed by atoms with Crippen molar-refractivity contribution in [3.63, 3.8) is 0 Å². The number of carbonyl (C=O) groups excluding carboxylic acids is 3. The van der Waals surface area contributed by atoms with E-state index in [2.05, 4.69) is 15.4 Å². The summed E-state index contributed by atoms with van der Waals surface area (Å²) in [6.45, 7) is -0.267. The van der Waals surface area contributed by atoms with Gasteiger partial charge in [0.05, 0.1) is 24.6 Å². The zero-order chi connectivity index (χ0) is 27.1. The number of anilines is 1. The third kappa shape index (κ3) is 4.42. The average Bonchev–Trinajstić information content (AvgIpc) is 3.65. The molecule has 11 heteroatoms. The largest absolute Gasteiger partial charge is 0.497 e. The van der Waals surface area contributed by atoms with Crippen molar-refractivity contribution in [1.29, 1.82) is 0 Å². The summed E-state index contributed by atoms with van der Waals surface area (Å²) in [5, 5.41) is 16.0. The summed E-state index contributed by atoms with van der Waals surface area (Å²) in [6.07, 6.45) is 0.511. The van der Waals surface area contributed by atoms with Crippen molar-refractivity contribution in [3.05, 3.63) is 95.0 Å². The summed E-state index contributed by atoms with van der Waals surface area (Å²) in [5.74, 6) is -0.650. The Morgan fingerprint density at radius 1 is 0.974 bits per heavy atom. The van der Waals surface area contributed by atoms with Crippen molar-refractivity contribution in [3.8, 4) is 5.75 Å². The molecule has 3 amide bonds. The summed E-state index contributed by atoms with van der Waals surface area (Å²) in [6, 6.07) is 21.2. The lowest BCUT2D eigenvalue weighted by atomic mass is 9.98. The summed E-state index contributed by atoms with van der Waals surface area (Å²) >= 11 is 5.96. The van der Waals surface area contributed by atoms with Crippen LogP contribution in [-0.4, -0.2) is 59.2 Å². The minimum absolute atomic E-state index is 0.267. The molecule has 196 valence electrons. The molecule has 0 spiro atoms. The summed E-state index contributed by atoms with van der Waals surface area (Å²) in [4.78, 5) is 41.1. The van der Waals surface area contributed by atoms with E-state index in [9.17, 15) is 14.4 Å². The Kier molecular flexibility index (Phi) is 6.32. The quantitative estimate of drug-likeness (QED) is 0.437. The molecular weight excluding hydrogens is 520 g/mol. The SMILES string of the molecule is COc1ccc([C@@H]2CC(c3ccccc3)=NN2C(=O)CN2N=N[C@H]3C(=O)N(c4ccc(Cl)cc4)C(=O)[C@H]32)cc1. The number of halogens is 1.